The Morgan fingerprint density at radius 1 is 1.55 bits per heavy atom. The smallest absolute Gasteiger partial charge is 0.102 e. The Hall–Kier alpha value is -0.720. The molecule has 0 fully saturated rings. The van der Waals surface area contributed by atoms with E-state index in [2.05, 4.69) is 19.9 Å². The van der Waals surface area contributed by atoms with Crippen LogP contribution in [0.25, 0.3) is 0 Å². The zero-order valence-corrected chi connectivity index (χ0v) is 7.18. The maximum atomic E-state index is 5.55. The van der Waals surface area contributed by atoms with Gasteiger partial charge in [-0.25, -0.2) is 0 Å². The quantitative estimate of drug-likeness (QED) is 0.516. The Morgan fingerprint density at radius 2 is 2.36 bits per heavy atom. The third-order valence-corrected chi connectivity index (χ3v) is 2.44. The number of hydrogen-bond donors (Lipinski definition) is 0. The van der Waals surface area contributed by atoms with Crippen LogP contribution in [-0.2, 0) is 4.74 Å². The van der Waals surface area contributed by atoms with Crippen LogP contribution in [-0.4, -0.2) is 6.61 Å². The summed E-state index contributed by atoms with van der Waals surface area (Å²) in [5.74, 6) is 1.88. The van der Waals surface area contributed by atoms with E-state index in [0.717, 1.165) is 13.0 Å². The van der Waals surface area contributed by atoms with Crippen molar-refractivity contribution in [3.05, 3.63) is 23.0 Å². The van der Waals surface area contributed by atoms with E-state index in [1.165, 1.54) is 23.3 Å². The Kier molecular flexibility index (Phi) is 1.52. The van der Waals surface area contributed by atoms with E-state index in [1.807, 2.05) is 0 Å². The zero-order chi connectivity index (χ0) is 7.84. The van der Waals surface area contributed by atoms with Crippen molar-refractivity contribution in [2.75, 3.05) is 6.61 Å². The molecule has 1 aliphatic heterocycles. The highest BCUT2D eigenvalue weighted by Gasteiger charge is 2.23. The molecule has 11 heavy (non-hydrogen) atoms. The first-order valence-corrected chi connectivity index (χ1v) is 4.30. The molecule has 0 aromatic carbocycles. The fourth-order valence-corrected chi connectivity index (χ4v) is 2.02. The highest BCUT2D eigenvalue weighted by atomic mass is 16.5. The maximum Gasteiger partial charge on any atom is 0.102 e. The molecule has 0 saturated heterocycles. The van der Waals surface area contributed by atoms with Crippen LogP contribution in [0.2, 0.25) is 0 Å². The predicted molar refractivity (Wildman–Crippen MR) is 45.1 cm³/mol. The van der Waals surface area contributed by atoms with Gasteiger partial charge in [0.15, 0.2) is 0 Å². The van der Waals surface area contributed by atoms with Gasteiger partial charge in [0, 0.05) is 12.3 Å². The molecule has 1 unspecified atom stereocenters. The van der Waals surface area contributed by atoms with Gasteiger partial charge in [0.05, 0.1) is 6.61 Å². The molecule has 0 bridgehead atoms. The van der Waals surface area contributed by atoms with Crippen LogP contribution < -0.4 is 0 Å². The maximum absolute atomic E-state index is 5.55. The highest BCUT2D eigenvalue weighted by molar-refractivity contribution is 5.33. The summed E-state index contributed by atoms with van der Waals surface area (Å²) in [4.78, 5) is 0. The van der Waals surface area contributed by atoms with E-state index in [4.69, 9.17) is 4.74 Å². The van der Waals surface area contributed by atoms with Gasteiger partial charge in [0.25, 0.3) is 0 Å². The highest BCUT2D eigenvalue weighted by Crippen LogP contribution is 2.35. The normalized spacial score (nSPS) is 29.6. The van der Waals surface area contributed by atoms with E-state index in [1.54, 1.807) is 0 Å². The van der Waals surface area contributed by atoms with E-state index < -0.39 is 0 Å². The van der Waals surface area contributed by atoms with Crippen molar-refractivity contribution in [2.24, 2.45) is 5.92 Å². The SMILES string of the molecule is CC1=CC2=C(OCC2)C(C)C1. The molecule has 2 rings (SSSR count). The second-order valence-corrected chi connectivity index (χ2v) is 3.58. The van der Waals surface area contributed by atoms with Gasteiger partial charge >= 0.3 is 0 Å². The molecule has 0 N–H and O–H groups in total. The largest absolute Gasteiger partial charge is 0.497 e. The Bertz CT molecular complexity index is 235. The van der Waals surface area contributed by atoms with Crippen molar-refractivity contribution in [1.29, 1.82) is 0 Å². The molecule has 2 aliphatic rings. The average Bonchev–Trinajstić information content (AvgIpc) is 2.34. The molecule has 1 heteroatoms. The van der Waals surface area contributed by atoms with Crippen LogP contribution in [0.15, 0.2) is 23.0 Å². The van der Waals surface area contributed by atoms with Crippen LogP contribution in [0.1, 0.15) is 26.7 Å². The third kappa shape index (κ3) is 1.09. The van der Waals surface area contributed by atoms with Gasteiger partial charge in [0.2, 0.25) is 0 Å². The summed E-state index contributed by atoms with van der Waals surface area (Å²) in [7, 11) is 0. The fraction of sp³-hybridized carbons (Fsp3) is 0.600. The number of rotatable bonds is 0. The lowest BCUT2D eigenvalue weighted by molar-refractivity contribution is 0.210. The molecular weight excluding hydrogens is 136 g/mol. The van der Waals surface area contributed by atoms with E-state index >= 15 is 0 Å². The third-order valence-electron chi connectivity index (χ3n) is 2.44. The fourth-order valence-electron chi connectivity index (χ4n) is 2.02. The van der Waals surface area contributed by atoms with Crippen molar-refractivity contribution in [1.82, 2.24) is 0 Å². The minimum atomic E-state index is 0.623. The lowest BCUT2D eigenvalue weighted by atomic mass is 9.90. The predicted octanol–water partition coefficient (Wildman–Crippen LogP) is 2.65. The molecule has 1 heterocycles. The zero-order valence-electron chi connectivity index (χ0n) is 7.18. The van der Waals surface area contributed by atoms with E-state index in [9.17, 15) is 0 Å². The van der Waals surface area contributed by atoms with Crippen LogP contribution in [0.5, 0.6) is 0 Å². The monoisotopic (exact) mass is 150 g/mol. The molecule has 0 aromatic rings. The summed E-state index contributed by atoms with van der Waals surface area (Å²) in [5.41, 5.74) is 2.95. The molecule has 1 atom stereocenters. The molecule has 0 radical (unpaired) electrons. The number of allylic oxidation sites excluding steroid dienone is 3. The Balaban J connectivity index is 2.33. The average molecular weight is 150 g/mol. The summed E-state index contributed by atoms with van der Waals surface area (Å²) in [6.45, 7) is 5.36. The minimum absolute atomic E-state index is 0.623. The topological polar surface area (TPSA) is 9.23 Å². The summed E-state index contributed by atoms with van der Waals surface area (Å²) in [6, 6.07) is 0. The van der Waals surface area contributed by atoms with Crippen molar-refractivity contribution in [3.8, 4) is 0 Å². The summed E-state index contributed by atoms with van der Waals surface area (Å²) < 4.78 is 5.55. The molecule has 0 saturated carbocycles. The van der Waals surface area contributed by atoms with Gasteiger partial charge < -0.3 is 4.74 Å². The van der Waals surface area contributed by atoms with Crippen molar-refractivity contribution < 1.29 is 4.74 Å². The molecule has 0 aromatic heterocycles. The molecule has 1 nitrogen and oxygen atoms in total. The number of hydrogen-bond acceptors (Lipinski definition) is 1. The Morgan fingerprint density at radius 3 is 3.18 bits per heavy atom. The van der Waals surface area contributed by atoms with Crippen LogP contribution in [0.3, 0.4) is 0 Å². The van der Waals surface area contributed by atoms with Gasteiger partial charge in [-0.1, -0.05) is 18.6 Å². The van der Waals surface area contributed by atoms with Gasteiger partial charge in [-0.15, -0.1) is 0 Å². The lowest BCUT2D eigenvalue weighted by Gasteiger charge is -2.18. The molecule has 60 valence electrons. The van der Waals surface area contributed by atoms with Crippen LogP contribution >= 0.6 is 0 Å². The van der Waals surface area contributed by atoms with Crippen LogP contribution in [0, 0.1) is 5.92 Å². The summed E-state index contributed by atoms with van der Waals surface area (Å²) >= 11 is 0. The number of ether oxygens (including phenoxy) is 1. The molecule has 1 aliphatic carbocycles. The van der Waals surface area contributed by atoms with Gasteiger partial charge in [0.1, 0.15) is 5.76 Å². The minimum Gasteiger partial charge on any atom is -0.497 e. The summed E-state index contributed by atoms with van der Waals surface area (Å²) in [6.07, 6.45) is 4.60. The summed E-state index contributed by atoms with van der Waals surface area (Å²) in [5, 5.41) is 0. The van der Waals surface area contributed by atoms with E-state index in [0.29, 0.717) is 5.92 Å². The van der Waals surface area contributed by atoms with Crippen molar-refractivity contribution in [2.45, 2.75) is 26.7 Å². The standard InChI is InChI=1S/C10H14O/c1-7-5-8(2)10-9(6-7)3-4-11-10/h6,8H,3-5H2,1-2H3. The first-order chi connectivity index (χ1) is 5.27. The van der Waals surface area contributed by atoms with Gasteiger partial charge in [-0.3, -0.25) is 0 Å². The second kappa shape index (κ2) is 2.40. The first kappa shape index (κ1) is 6.96. The van der Waals surface area contributed by atoms with E-state index in [-0.39, 0.29) is 0 Å². The van der Waals surface area contributed by atoms with Crippen molar-refractivity contribution >= 4 is 0 Å². The second-order valence-electron chi connectivity index (χ2n) is 3.58. The lowest BCUT2D eigenvalue weighted by Crippen LogP contribution is -2.05. The first-order valence-electron chi connectivity index (χ1n) is 4.30. The van der Waals surface area contributed by atoms with Crippen molar-refractivity contribution in [3.63, 3.8) is 0 Å². The molecule has 0 amide bonds. The Labute approximate surface area is 67.7 Å². The molecular formula is C10H14O. The van der Waals surface area contributed by atoms with Crippen LogP contribution in [0.4, 0.5) is 0 Å². The van der Waals surface area contributed by atoms with Gasteiger partial charge in [-0.05, 0) is 18.9 Å². The van der Waals surface area contributed by atoms with Gasteiger partial charge in [-0.2, -0.15) is 0 Å². The molecule has 0 spiro atoms.